The summed E-state index contributed by atoms with van der Waals surface area (Å²) in [6, 6.07) is 5.50. The first-order chi connectivity index (χ1) is 18.6. The minimum absolute atomic E-state index is 0. The Hall–Kier alpha value is -3.12. The molecule has 0 bridgehead atoms. The number of nitrogens with zero attached hydrogens (tertiary/aromatic N) is 1. The van der Waals surface area contributed by atoms with Gasteiger partial charge in [-0.2, -0.15) is 13.2 Å². The average Bonchev–Trinajstić information content (AvgIpc) is 2.91. The van der Waals surface area contributed by atoms with Crippen molar-refractivity contribution in [3.63, 3.8) is 0 Å². The number of fused-ring (bicyclic) bond motifs is 1. The van der Waals surface area contributed by atoms with Crippen molar-refractivity contribution in [1.82, 2.24) is 4.90 Å². The Morgan fingerprint density at radius 1 is 1.17 bits per heavy atom. The third-order valence-electron chi connectivity index (χ3n) is 6.50. The lowest BCUT2D eigenvalue weighted by Gasteiger charge is -2.32. The summed E-state index contributed by atoms with van der Waals surface area (Å²) in [5.41, 5.74) is -0.150. The van der Waals surface area contributed by atoms with Crippen LogP contribution in [0.5, 0.6) is 17.2 Å². The second-order valence-electron chi connectivity index (χ2n) is 9.49. The SMILES string of the molecule is C.Cl.O=C(O)[C@@H]1CCCN(CC2=Cc3c(F)cc(OCc4ccc(OC(CF)CF)c(C(F)(F)F)c4)cc3OC2)C1. The summed E-state index contributed by atoms with van der Waals surface area (Å²) >= 11 is 0. The van der Waals surface area contributed by atoms with Crippen LogP contribution < -0.4 is 14.2 Å². The number of hydrogen-bond acceptors (Lipinski definition) is 5. The van der Waals surface area contributed by atoms with Crippen molar-refractivity contribution < 1.29 is 50.5 Å². The molecule has 0 spiro atoms. The molecule has 0 unspecified atom stereocenters. The van der Waals surface area contributed by atoms with E-state index >= 15 is 0 Å². The van der Waals surface area contributed by atoms with Crippen LogP contribution in [0.4, 0.5) is 26.3 Å². The maximum Gasteiger partial charge on any atom is 0.419 e. The highest BCUT2D eigenvalue weighted by atomic mass is 35.5. The molecule has 2 aliphatic heterocycles. The van der Waals surface area contributed by atoms with Crippen LogP contribution in [0.3, 0.4) is 0 Å². The third-order valence-corrected chi connectivity index (χ3v) is 6.50. The second kappa shape index (κ2) is 14.7. The lowest BCUT2D eigenvalue weighted by molar-refractivity contribution is -0.143. The molecule has 0 aliphatic carbocycles. The lowest BCUT2D eigenvalue weighted by atomic mass is 9.97. The first-order valence-electron chi connectivity index (χ1n) is 12.3. The van der Waals surface area contributed by atoms with E-state index in [0.717, 1.165) is 36.7 Å². The van der Waals surface area contributed by atoms with Crippen LogP contribution in [-0.4, -0.2) is 61.7 Å². The molecule has 6 nitrogen and oxygen atoms in total. The number of halogens is 7. The highest BCUT2D eigenvalue weighted by Crippen LogP contribution is 2.38. The molecule has 228 valence electrons. The Kier molecular flexibility index (Phi) is 12.2. The van der Waals surface area contributed by atoms with E-state index in [1.54, 1.807) is 6.08 Å². The molecule has 1 fully saturated rings. The molecule has 2 aliphatic rings. The zero-order valence-corrected chi connectivity index (χ0v) is 22.0. The van der Waals surface area contributed by atoms with E-state index < -0.39 is 54.6 Å². The van der Waals surface area contributed by atoms with Crippen molar-refractivity contribution in [2.75, 3.05) is 39.6 Å². The first kappa shape index (κ1) is 34.1. The Morgan fingerprint density at radius 3 is 2.56 bits per heavy atom. The number of hydrogen-bond donors (Lipinski definition) is 1. The van der Waals surface area contributed by atoms with Gasteiger partial charge in [0.2, 0.25) is 0 Å². The smallest absolute Gasteiger partial charge is 0.419 e. The summed E-state index contributed by atoms with van der Waals surface area (Å²) in [6.45, 7) is -1.17. The number of carboxylic acids is 1. The topological polar surface area (TPSA) is 68.2 Å². The third kappa shape index (κ3) is 8.68. The molecule has 1 atom stereocenters. The zero-order valence-electron chi connectivity index (χ0n) is 21.2. The van der Waals surface area contributed by atoms with E-state index in [0.29, 0.717) is 19.5 Å². The van der Waals surface area contributed by atoms with Gasteiger partial charge in [0.25, 0.3) is 0 Å². The van der Waals surface area contributed by atoms with Crippen LogP contribution >= 0.6 is 12.4 Å². The Bertz CT molecular complexity index is 1220. The molecule has 0 radical (unpaired) electrons. The maximum atomic E-state index is 14.9. The first-order valence-corrected chi connectivity index (χ1v) is 12.3. The Balaban J connectivity index is 0.00000294. The summed E-state index contributed by atoms with van der Waals surface area (Å²) < 4.78 is 97.0. The molecule has 2 aromatic carbocycles. The van der Waals surface area contributed by atoms with E-state index in [2.05, 4.69) is 0 Å². The summed E-state index contributed by atoms with van der Waals surface area (Å²) in [7, 11) is 0. The van der Waals surface area contributed by atoms with Gasteiger partial charge in [-0.3, -0.25) is 9.69 Å². The minimum atomic E-state index is -4.85. The standard InChI is InChI=1S/C27H27F6NO5.CH4.ClH/c28-10-20(11-29)39-24-4-3-16(7-22(24)27(31,32)33)14-37-19-8-23(30)21-6-17(15-38-25(21)9-19)12-34-5-1-2-18(13-34)26(35)36;;/h3-4,6-9,18,20H,1-2,5,10-15H2,(H,35,36);1H4;1H/t18-;;/m1../s1. The van der Waals surface area contributed by atoms with Gasteiger partial charge in [0.15, 0.2) is 6.10 Å². The molecule has 2 heterocycles. The molecule has 1 N–H and O–H groups in total. The van der Waals surface area contributed by atoms with Gasteiger partial charge < -0.3 is 19.3 Å². The predicted molar refractivity (Wildman–Crippen MR) is 143 cm³/mol. The predicted octanol–water partition coefficient (Wildman–Crippen LogP) is 6.74. The van der Waals surface area contributed by atoms with Crippen molar-refractivity contribution in [1.29, 1.82) is 0 Å². The highest BCUT2D eigenvalue weighted by molar-refractivity contribution is 5.85. The molecule has 1 saturated heterocycles. The molecule has 0 aromatic heterocycles. The highest BCUT2D eigenvalue weighted by Gasteiger charge is 2.35. The van der Waals surface area contributed by atoms with E-state index in [9.17, 15) is 36.2 Å². The number of likely N-dealkylation sites (tertiary alicyclic amines) is 1. The van der Waals surface area contributed by atoms with Crippen LogP contribution in [-0.2, 0) is 17.6 Å². The van der Waals surface area contributed by atoms with Crippen molar-refractivity contribution in [3.8, 4) is 17.2 Å². The van der Waals surface area contributed by atoms with Gasteiger partial charge in [0.05, 0.1) is 17.0 Å². The van der Waals surface area contributed by atoms with Crippen LogP contribution in [0.15, 0.2) is 35.9 Å². The van der Waals surface area contributed by atoms with E-state index in [1.165, 1.54) is 12.1 Å². The normalized spacial score (nSPS) is 17.0. The number of carbonyl (C=O) groups is 1. The number of ether oxygens (including phenoxy) is 3. The minimum Gasteiger partial charge on any atom is -0.489 e. The van der Waals surface area contributed by atoms with Crippen LogP contribution in [0, 0.1) is 11.7 Å². The van der Waals surface area contributed by atoms with E-state index in [1.807, 2.05) is 4.90 Å². The molecule has 2 aromatic rings. The van der Waals surface area contributed by atoms with Crippen LogP contribution in [0.2, 0.25) is 0 Å². The summed E-state index contributed by atoms with van der Waals surface area (Å²) in [6.07, 6.45) is -3.47. The Labute approximate surface area is 240 Å². The van der Waals surface area contributed by atoms with Crippen molar-refractivity contribution in [3.05, 3.63) is 58.4 Å². The summed E-state index contributed by atoms with van der Waals surface area (Å²) in [5.74, 6) is -2.38. The van der Waals surface area contributed by atoms with Crippen molar-refractivity contribution in [2.45, 2.75) is 39.2 Å². The number of aliphatic carboxylic acids is 1. The average molecular weight is 612 g/mol. The fourth-order valence-electron chi connectivity index (χ4n) is 4.55. The molecule has 4 rings (SSSR count). The number of rotatable bonds is 10. The van der Waals surface area contributed by atoms with E-state index in [-0.39, 0.29) is 55.7 Å². The number of alkyl halides is 5. The molecular formula is C28H32ClF6NO5. The lowest BCUT2D eigenvalue weighted by Crippen LogP contribution is -2.40. The van der Waals surface area contributed by atoms with Gasteiger partial charge in [0.1, 0.15) is 49.6 Å². The van der Waals surface area contributed by atoms with Gasteiger partial charge in [-0.05, 0) is 48.7 Å². The van der Waals surface area contributed by atoms with Crippen molar-refractivity contribution >= 4 is 24.5 Å². The molecule has 0 amide bonds. The molecule has 13 heteroatoms. The van der Waals surface area contributed by atoms with Gasteiger partial charge in [0, 0.05) is 25.2 Å². The number of benzene rings is 2. The van der Waals surface area contributed by atoms with Crippen molar-refractivity contribution in [2.24, 2.45) is 5.92 Å². The zero-order chi connectivity index (χ0) is 28.2. The van der Waals surface area contributed by atoms with Gasteiger partial charge in [-0.15, -0.1) is 12.4 Å². The fourth-order valence-corrected chi connectivity index (χ4v) is 4.55. The van der Waals surface area contributed by atoms with Gasteiger partial charge in [-0.1, -0.05) is 13.5 Å². The fraction of sp³-hybridized carbons (Fsp3) is 0.464. The van der Waals surface area contributed by atoms with Gasteiger partial charge >= 0.3 is 12.1 Å². The quantitative estimate of drug-likeness (QED) is 0.300. The monoisotopic (exact) mass is 611 g/mol. The molecule has 0 saturated carbocycles. The number of carboxylic acid groups (broad SMARTS) is 1. The summed E-state index contributed by atoms with van der Waals surface area (Å²) in [5, 5.41) is 9.27. The summed E-state index contributed by atoms with van der Waals surface area (Å²) in [4.78, 5) is 13.3. The number of piperidine rings is 1. The maximum absolute atomic E-state index is 14.9. The largest absolute Gasteiger partial charge is 0.489 e. The molecular weight excluding hydrogens is 580 g/mol. The van der Waals surface area contributed by atoms with Crippen LogP contribution in [0.1, 0.15) is 37.0 Å². The molecule has 41 heavy (non-hydrogen) atoms. The van der Waals surface area contributed by atoms with Gasteiger partial charge in [-0.25, -0.2) is 13.2 Å². The van der Waals surface area contributed by atoms with Crippen LogP contribution in [0.25, 0.3) is 6.08 Å². The second-order valence-corrected chi connectivity index (χ2v) is 9.49. The Morgan fingerprint density at radius 2 is 1.90 bits per heavy atom. The van der Waals surface area contributed by atoms with E-state index in [4.69, 9.17) is 14.2 Å².